The van der Waals surface area contributed by atoms with Crippen LogP contribution in [0.3, 0.4) is 0 Å². The molecule has 2 aromatic rings. The van der Waals surface area contributed by atoms with Gasteiger partial charge in [0.25, 0.3) is 5.91 Å². The molecule has 2 aromatic carbocycles. The Morgan fingerprint density at radius 3 is 2.19 bits per heavy atom. The Bertz CT molecular complexity index is 918. The van der Waals surface area contributed by atoms with Crippen molar-refractivity contribution < 1.29 is 17.6 Å². The molecule has 1 fully saturated rings. The van der Waals surface area contributed by atoms with Gasteiger partial charge in [-0.05, 0) is 49.7 Å². The van der Waals surface area contributed by atoms with Gasteiger partial charge < -0.3 is 4.90 Å². The molecule has 0 unspecified atom stereocenters. The van der Waals surface area contributed by atoms with Crippen molar-refractivity contribution in [1.29, 1.82) is 0 Å². The van der Waals surface area contributed by atoms with Gasteiger partial charge in [0.15, 0.2) is 0 Å². The summed E-state index contributed by atoms with van der Waals surface area (Å²) in [5.41, 5.74) is 2.57. The molecule has 1 saturated heterocycles. The van der Waals surface area contributed by atoms with Gasteiger partial charge in [-0.15, -0.1) is 0 Å². The van der Waals surface area contributed by atoms with Crippen LogP contribution < -0.4 is 0 Å². The fourth-order valence-electron chi connectivity index (χ4n) is 3.02. The third kappa shape index (κ3) is 3.64. The maximum absolute atomic E-state index is 13.0. The van der Waals surface area contributed by atoms with Crippen molar-refractivity contribution in [2.45, 2.75) is 18.7 Å². The lowest BCUT2D eigenvalue weighted by Gasteiger charge is -2.34. The molecular formula is C19H21FN2O3S. The Morgan fingerprint density at radius 2 is 1.58 bits per heavy atom. The summed E-state index contributed by atoms with van der Waals surface area (Å²) >= 11 is 0. The summed E-state index contributed by atoms with van der Waals surface area (Å²) in [7, 11) is -3.68. The molecule has 1 heterocycles. The first-order chi connectivity index (χ1) is 12.3. The molecule has 0 aliphatic carbocycles. The number of carbonyl (C=O) groups is 1. The fraction of sp³-hybridized carbons (Fsp3) is 0.316. The maximum atomic E-state index is 13.0. The third-order valence-corrected chi connectivity index (χ3v) is 6.51. The second-order valence-electron chi connectivity index (χ2n) is 6.47. The Labute approximate surface area is 153 Å². The summed E-state index contributed by atoms with van der Waals surface area (Å²) in [5.74, 6) is -0.557. The Morgan fingerprint density at radius 1 is 0.962 bits per heavy atom. The van der Waals surface area contributed by atoms with E-state index in [1.807, 2.05) is 32.0 Å². The molecule has 1 aliphatic rings. The highest BCUT2D eigenvalue weighted by Crippen LogP contribution is 2.20. The van der Waals surface area contributed by atoms with Crippen LogP contribution in [0, 0.1) is 19.7 Å². The normalized spacial score (nSPS) is 15.9. The zero-order valence-corrected chi connectivity index (χ0v) is 15.6. The van der Waals surface area contributed by atoms with Gasteiger partial charge >= 0.3 is 0 Å². The first-order valence-electron chi connectivity index (χ1n) is 8.41. The van der Waals surface area contributed by atoms with Crippen LogP contribution >= 0.6 is 0 Å². The molecule has 0 bridgehead atoms. The van der Waals surface area contributed by atoms with Crippen molar-refractivity contribution in [2.75, 3.05) is 26.2 Å². The number of piperazine rings is 1. The average molecular weight is 376 g/mol. The van der Waals surface area contributed by atoms with Crippen LogP contribution in [0.25, 0.3) is 0 Å². The zero-order chi connectivity index (χ0) is 18.9. The number of hydrogen-bond donors (Lipinski definition) is 0. The number of nitrogens with zero attached hydrogens (tertiary/aromatic N) is 2. The Hall–Kier alpha value is -2.25. The number of amides is 1. The fourth-order valence-corrected chi connectivity index (χ4v) is 4.45. The smallest absolute Gasteiger partial charge is 0.254 e. The zero-order valence-electron chi connectivity index (χ0n) is 14.8. The van der Waals surface area contributed by atoms with Crippen LogP contribution in [0.1, 0.15) is 21.5 Å². The van der Waals surface area contributed by atoms with Gasteiger partial charge in [0.2, 0.25) is 10.0 Å². The van der Waals surface area contributed by atoms with E-state index in [-0.39, 0.29) is 23.9 Å². The van der Waals surface area contributed by atoms with E-state index >= 15 is 0 Å². The van der Waals surface area contributed by atoms with E-state index in [4.69, 9.17) is 0 Å². The second kappa shape index (κ2) is 7.17. The number of rotatable bonds is 3. The molecule has 0 radical (unpaired) electrons. The number of halogens is 1. The molecule has 7 heteroatoms. The summed E-state index contributed by atoms with van der Waals surface area (Å²) in [6, 6.07) is 10.5. The quantitative estimate of drug-likeness (QED) is 0.827. The monoisotopic (exact) mass is 376 g/mol. The lowest BCUT2D eigenvalue weighted by Crippen LogP contribution is -2.50. The molecule has 0 spiro atoms. The number of sulfonamides is 1. The van der Waals surface area contributed by atoms with Crippen molar-refractivity contribution in [3.05, 3.63) is 65.0 Å². The highest BCUT2D eigenvalue weighted by molar-refractivity contribution is 7.89. The molecular weight excluding hydrogens is 355 g/mol. The number of carbonyl (C=O) groups excluding carboxylic acids is 1. The first kappa shape index (κ1) is 18.5. The molecule has 138 valence electrons. The van der Waals surface area contributed by atoms with Gasteiger partial charge in [0.1, 0.15) is 5.82 Å². The lowest BCUT2D eigenvalue weighted by atomic mass is 10.0. The van der Waals surface area contributed by atoms with Crippen LogP contribution in [0.5, 0.6) is 0 Å². The topological polar surface area (TPSA) is 57.7 Å². The van der Waals surface area contributed by atoms with Crippen LogP contribution in [0.2, 0.25) is 0 Å². The van der Waals surface area contributed by atoms with E-state index in [2.05, 4.69) is 0 Å². The van der Waals surface area contributed by atoms with Gasteiger partial charge in [-0.3, -0.25) is 4.79 Å². The van der Waals surface area contributed by atoms with Gasteiger partial charge in [-0.1, -0.05) is 17.7 Å². The number of hydrogen-bond acceptors (Lipinski definition) is 3. The van der Waals surface area contributed by atoms with Crippen molar-refractivity contribution >= 4 is 15.9 Å². The maximum Gasteiger partial charge on any atom is 0.254 e. The van der Waals surface area contributed by atoms with Crippen molar-refractivity contribution in [3.8, 4) is 0 Å². The summed E-state index contributed by atoms with van der Waals surface area (Å²) in [4.78, 5) is 14.5. The largest absolute Gasteiger partial charge is 0.336 e. The molecule has 0 aromatic heterocycles. The average Bonchev–Trinajstić information content (AvgIpc) is 2.63. The van der Waals surface area contributed by atoms with Crippen LogP contribution in [-0.4, -0.2) is 49.7 Å². The lowest BCUT2D eigenvalue weighted by molar-refractivity contribution is 0.0697. The van der Waals surface area contributed by atoms with E-state index in [1.165, 1.54) is 16.4 Å². The molecule has 0 N–H and O–H groups in total. The Kier molecular flexibility index (Phi) is 5.11. The summed E-state index contributed by atoms with van der Waals surface area (Å²) in [6.45, 7) is 4.91. The van der Waals surface area contributed by atoms with Crippen molar-refractivity contribution in [2.24, 2.45) is 0 Å². The standard InChI is InChI=1S/C19H21FN2O3S/c1-14-3-4-15(2)18(13-14)19(23)21-9-11-22(12-10-21)26(24,25)17-7-5-16(20)6-8-17/h3-8,13H,9-12H2,1-2H3. The van der Waals surface area contributed by atoms with Crippen molar-refractivity contribution in [3.63, 3.8) is 0 Å². The second-order valence-corrected chi connectivity index (χ2v) is 8.41. The van der Waals surface area contributed by atoms with Gasteiger partial charge in [-0.2, -0.15) is 4.31 Å². The van der Waals surface area contributed by atoms with E-state index in [0.717, 1.165) is 23.3 Å². The minimum atomic E-state index is -3.68. The van der Waals surface area contributed by atoms with E-state index in [9.17, 15) is 17.6 Å². The first-order valence-corrected chi connectivity index (χ1v) is 9.85. The predicted molar refractivity (Wildman–Crippen MR) is 97.0 cm³/mol. The summed E-state index contributed by atoms with van der Waals surface area (Å²) in [6.07, 6.45) is 0. The van der Waals surface area contributed by atoms with Crippen molar-refractivity contribution in [1.82, 2.24) is 9.21 Å². The van der Waals surface area contributed by atoms with Gasteiger partial charge in [0.05, 0.1) is 4.90 Å². The molecule has 0 atom stereocenters. The van der Waals surface area contributed by atoms with Crippen LogP contribution in [-0.2, 0) is 10.0 Å². The van der Waals surface area contributed by atoms with E-state index in [0.29, 0.717) is 18.7 Å². The molecule has 1 aliphatic heterocycles. The highest BCUT2D eigenvalue weighted by Gasteiger charge is 2.30. The number of benzene rings is 2. The summed E-state index contributed by atoms with van der Waals surface area (Å²) < 4.78 is 39.7. The molecule has 5 nitrogen and oxygen atoms in total. The molecule has 0 saturated carbocycles. The highest BCUT2D eigenvalue weighted by atomic mass is 32.2. The molecule has 26 heavy (non-hydrogen) atoms. The Balaban J connectivity index is 1.71. The predicted octanol–water partition coefficient (Wildman–Crippen LogP) is 2.59. The molecule has 1 amide bonds. The van der Waals surface area contributed by atoms with Crippen LogP contribution in [0.4, 0.5) is 4.39 Å². The minimum absolute atomic E-state index is 0.0632. The third-order valence-electron chi connectivity index (χ3n) is 4.60. The van der Waals surface area contributed by atoms with Gasteiger partial charge in [-0.25, -0.2) is 12.8 Å². The van der Waals surface area contributed by atoms with E-state index in [1.54, 1.807) is 4.90 Å². The SMILES string of the molecule is Cc1ccc(C)c(C(=O)N2CCN(S(=O)(=O)c3ccc(F)cc3)CC2)c1. The minimum Gasteiger partial charge on any atom is -0.336 e. The summed E-state index contributed by atoms with van der Waals surface area (Å²) in [5, 5.41) is 0. The number of aryl methyl sites for hydroxylation is 2. The van der Waals surface area contributed by atoms with E-state index < -0.39 is 15.8 Å². The van der Waals surface area contributed by atoms with Crippen LogP contribution in [0.15, 0.2) is 47.4 Å². The van der Waals surface area contributed by atoms with Gasteiger partial charge in [0, 0.05) is 31.7 Å². The molecule has 3 rings (SSSR count).